The molecule has 0 saturated carbocycles. The maximum atomic E-state index is 12.7. The molecule has 0 unspecified atom stereocenters. The van der Waals surface area contributed by atoms with E-state index in [-0.39, 0.29) is 11.9 Å². The van der Waals surface area contributed by atoms with Crippen LogP contribution in [0.5, 0.6) is 0 Å². The van der Waals surface area contributed by atoms with Crippen molar-refractivity contribution in [2.75, 3.05) is 6.54 Å². The minimum atomic E-state index is -0.869. The van der Waals surface area contributed by atoms with Gasteiger partial charge in [-0.25, -0.2) is 0 Å². The zero-order valence-electron chi connectivity index (χ0n) is 11.8. The SMILES string of the molecule is CC(C)(O)[C@H]1CCCN1C(=O)c1ccc2[nH]ncc2c1. The Morgan fingerprint density at radius 2 is 2.30 bits per heavy atom. The number of fused-ring (bicyclic) bond motifs is 1. The lowest BCUT2D eigenvalue weighted by Gasteiger charge is -2.33. The molecule has 1 aromatic carbocycles. The maximum absolute atomic E-state index is 12.7. The number of hydrogen-bond acceptors (Lipinski definition) is 3. The molecule has 3 rings (SSSR count). The third-order valence-electron chi connectivity index (χ3n) is 4.02. The highest BCUT2D eigenvalue weighted by Crippen LogP contribution is 2.28. The van der Waals surface area contributed by atoms with Gasteiger partial charge in [0.15, 0.2) is 0 Å². The number of amides is 1. The third-order valence-corrected chi connectivity index (χ3v) is 4.02. The summed E-state index contributed by atoms with van der Waals surface area (Å²) in [5.41, 5.74) is 0.698. The van der Waals surface area contributed by atoms with Crippen molar-refractivity contribution in [2.24, 2.45) is 0 Å². The number of H-pyrrole nitrogens is 1. The van der Waals surface area contributed by atoms with Crippen molar-refractivity contribution in [3.8, 4) is 0 Å². The summed E-state index contributed by atoms with van der Waals surface area (Å²) in [6.45, 7) is 4.24. The van der Waals surface area contributed by atoms with Crippen molar-refractivity contribution < 1.29 is 9.90 Å². The molecule has 0 spiro atoms. The van der Waals surface area contributed by atoms with Gasteiger partial charge >= 0.3 is 0 Å². The lowest BCUT2D eigenvalue weighted by atomic mass is 9.96. The highest BCUT2D eigenvalue weighted by atomic mass is 16.3. The Morgan fingerprint density at radius 3 is 3.05 bits per heavy atom. The van der Waals surface area contributed by atoms with Crippen LogP contribution in [0, 0.1) is 0 Å². The van der Waals surface area contributed by atoms with E-state index >= 15 is 0 Å². The van der Waals surface area contributed by atoms with Crippen LogP contribution in [0.25, 0.3) is 10.9 Å². The summed E-state index contributed by atoms with van der Waals surface area (Å²) in [5.74, 6) is -0.0160. The zero-order chi connectivity index (χ0) is 14.3. The van der Waals surface area contributed by atoms with Gasteiger partial charge in [0.2, 0.25) is 0 Å². The number of aromatic nitrogens is 2. The van der Waals surface area contributed by atoms with E-state index in [1.165, 1.54) is 0 Å². The molecule has 20 heavy (non-hydrogen) atoms. The quantitative estimate of drug-likeness (QED) is 0.878. The Bertz CT molecular complexity index is 642. The van der Waals surface area contributed by atoms with Crippen LogP contribution in [-0.4, -0.2) is 44.3 Å². The van der Waals surface area contributed by atoms with Crippen molar-refractivity contribution in [1.29, 1.82) is 0 Å². The summed E-state index contributed by atoms with van der Waals surface area (Å²) in [6.07, 6.45) is 3.50. The van der Waals surface area contributed by atoms with Gasteiger partial charge in [-0.15, -0.1) is 0 Å². The summed E-state index contributed by atoms with van der Waals surface area (Å²) >= 11 is 0. The van der Waals surface area contributed by atoms with Gasteiger partial charge < -0.3 is 10.0 Å². The van der Waals surface area contributed by atoms with Crippen LogP contribution in [0.2, 0.25) is 0 Å². The lowest BCUT2D eigenvalue weighted by molar-refractivity contribution is 0.000343. The molecule has 2 heterocycles. The van der Waals surface area contributed by atoms with Gasteiger partial charge in [-0.05, 0) is 44.9 Å². The molecule has 1 atom stereocenters. The Labute approximate surface area is 117 Å². The Hall–Kier alpha value is -1.88. The Morgan fingerprint density at radius 1 is 1.50 bits per heavy atom. The molecule has 1 saturated heterocycles. The first-order valence-corrected chi connectivity index (χ1v) is 6.93. The van der Waals surface area contributed by atoms with Crippen molar-refractivity contribution in [3.05, 3.63) is 30.0 Å². The molecule has 1 amide bonds. The first-order valence-electron chi connectivity index (χ1n) is 6.93. The normalized spacial score (nSPS) is 19.8. The molecular formula is C15H19N3O2. The molecule has 0 bridgehead atoms. The summed E-state index contributed by atoms with van der Waals surface area (Å²) in [4.78, 5) is 14.4. The average molecular weight is 273 g/mol. The Kier molecular flexibility index (Phi) is 3.01. The van der Waals surface area contributed by atoms with E-state index in [1.807, 2.05) is 18.2 Å². The first-order chi connectivity index (χ1) is 9.47. The molecule has 0 radical (unpaired) electrons. The van der Waals surface area contributed by atoms with E-state index in [0.29, 0.717) is 12.1 Å². The number of carbonyl (C=O) groups is 1. The second-order valence-electron chi connectivity index (χ2n) is 5.98. The highest BCUT2D eigenvalue weighted by molar-refractivity contribution is 5.98. The minimum Gasteiger partial charge on any atom is -0.388 e. The van der Waals surface area contributed by atoms with Crippen LogP contribution in [0.4, 0.5) is 0 Å². The summed E-state index contributed by atoms with van der Waals surface area (Å²) in [6, 6.07) is 5.41. The predicted molar refractivity (Wildman–Crippen MR) is 76.5 cm³/mol. The maximum Gasteiger partial charge on any atom is 0.254 e. The van der Waals surface area contributed by atoms with Gasteiger partial charge in [0.1, 0.15) is 0 Å². The predicted octanol–water partition coefficient (Wildman–Crippen LogP) is 1.94. The number of aromatic amines is 1. The molecule has 2 N–H and O–H groups in total. The molecule has 1 fully saturated rings. The number of likely N-dealkylation sites (tertiary alicyclic amines) is 1. The van der Waals surface area contributed by atoms with Gasteiger partial charge in [0.25, 0.3) is 5.91 Å². The number of carbonyl (C=O) groups excluding carboxylic acids is 1. The van der Waals surface area contributed by atoms with Crippen LogP contribution < -0.4 is 0 Å². The van der Waals surface area contributed by atoms with E-state index in [2.05, 4.69) is 10.2 Å². The molecule has 1 aliphatic heterocycles. The molecule has 2 aromatic rings. The second-order valence-corrected chi connectivity index (χ2v) is 5.98. The van der Waals surface area contributed by atoms with Gasteiger partial charge in [0.05, 0.1) is 23.4 Å². The highest BCUT2D eigenvalue weighted by Gasteiger charge is 2.38. The number of rotatable bonds is 2. The first kappa shape index (κ1) is 13.1. The van der Waals surface area contributed by atoms with E-state index in [9.17, 15) is 9.90 Å². The van der Waals surface area contributed by atoms with Crippen molar-refractivity contribution in [1.82, 2.24) is 15.1 Å². The van der Waals surface area contributed by atoms with E-state index < -0.39 is 5.60 Å². The van der Waals surface area contributed by atoms with Crippen LogP contribution in [0.3, 0.4) is 0 Å². The fourth-order valence-corrected chi connectivity index (χ4v) is 2.99. The molecule has 1 aromatic heterocycles. The molecule has 5 heteroatoms. The zero-order valence-corrected chi connectivity index (χ0v) is 11.8. The monoisotopic (exact) mass is 273 g/mol. The third kappa shape index (κ3) is 2.18. The van der Waals surface area contributed by atoms with Gasteiger partial charge in [0, 0.05) is 17.5 Å². The number of nitrogens with zero attached hydrogens (tertiary/aromatic N) is 2. The fourth-order valence-electron chi connectivity index (χ4n) is 2.99. The van der Waals surface area contributed by atoms with Crippen LogP contribution in [0.1, 0.15) is 37.0 Å². The standard InChI is InChI=1S/C15H19N3O2/c1-15(2,20)13-4-3-7-18(13)14(19)10-5-6-12-11(8-10)9-16-17-12/h5-6,8-9,13,20H,3-4,7H2,1-2H3,(H,16,17)/t13-/m1/s1. The number of hydrogen-bond donors (Lipinski definition) is 2. The van der Waals surface area contributed by atoms with Crippen LogP contribution in [0.15, 0.2) is 24.4 Å². The molecule has 0 aliphatic carbocycles. The van der Waals surface area contributed by atoms with Gasteiger partial charge in [-0.2, -0.15) is 5.10 Å². The number of aliphatic hydroxyl groups is 1. The largest absolute Gasteiger partial charge is 0.388 e. The molecule has 106 valence electrons. The minimum absolute atomic E-state index is 0.0160. The molecule has 1 aliphatic rings. The summed E-state index contributed by atoms with van der Waals surface area (Å²) in [7, 11) is 0. The van der Waals surface area contributed by atoms with Crippen molar-refractivity contribution >= 4 is 16.8 Å². The van der Waals surface area contributed by atoms with Crippen molar-refractivity contribution in [3.63, 3.8) is 0 Å². The van der Waals surface area contributed by atoms with Crippen molar-refractivity contribution in [2.45, 2.75) is 38.3 Å². The smallest absolute Gasteiger partial charge is 0.254 e. The van der Waals surface area contributed by atoms with Gasteiger partial charge in [-0.1, -0.05) is 0 Å². The average Bonchev–Trinajstić information content (AvgIpc) is 3.05. The van der Waals surface area contributed by atoms with E-state index in [0.717, 1.165) is 23.7 Å². The molecule has 5 nitrogen and oxygen atoms in total. The summed E-state index contributed by atoms with van der Waals surface area (Å²) in [5, 5.41) is 18.0. The fraction of sp³-hybridized carbons (Fsp3) is 0.467. The molecular weight excluding hydrogens is 254 g/mol. The van der Waals surface area contributed by atoms with Gasteiger partial charge in [-0.3, -0.25) is 9.89 Å². The summed E-state index contributed by atoms with van der Waals surface area (Å²) < 4.78 is 0. The Balaban J connectivity index is 1.91. The second kappa shape index (κ2) is 4.59. The number of benzene rings is 1. The topological polar surface area (TPSA) is 69.2 Å². The number of nitrogens with one attached hydrogen (secondary N) is 1. The van der Waals surface area contributed by atoms with Crippen LogP contribution in [-0.2, 0) is 0 Å². The lowest BCUT2D eigenvalue weighted by Crippen LogP contribution is -2.48. The van der Waals surface area contributed by atoms with E-state index in [4.69, 9.17) is 0 Å². The van der Waals surface area contributed by atoms with Crippen LogP contribution >= 0.6 is 0 Å². The van der Waals surface area contributed by atoms with E-state index in [1.54, 1.807) is 24.9 Å².